The van der Waals surface area contributed by atoms with Crippen LogP contribution < -0.4 is 4.90 Å². The van der Waals surface area contributed by atoms with Crippen molar-refractivity contribution in [1.82, 2.24) is 4.31 Å². The molecule has 38 heavy (non-hydrogen) atoms. The molecule has 0 radical (unpaired) electrons. The van der Waals surface area contributed by atoms with Gasteiger partial charge in [-0.05, 0) is 48.7 Å². The van der Waals surface area contributed by atoms with Crippen LogP contribution in [0.2, 0.25) is 0 Å². The van der Waals surface area contributed by atoms with Gasteiger partial charge in [-0.3, -0.25) is 9.69 Å². The number of carbonyl (C=O) groups is 2. The zero-order chi connectivity index (χ0) is 28.2. The van der Waals surface area contributed by atoms with Crippen molar-refractivity contribution in [2.24, 2.45) is 0 Å². The molecule has 200 valence electrons. The smallest absolute Gasteiger partial charge is 0.294 e. The zero-order valence-corrected chi connectivity index (χ0v) is 21.6. The minimum Gasteiger partial charge on any atom is -0.294 e. The third kappa shape index (κ3) is 4.79. The number of rotatable bonds is 4. The van der Waals surface area contributed by atoms with E-state index in [1.54, 1.807) is 6.07 Å². The van der Waals surface area contributed by atoms with Crippen LogP contribution in [0.5, 0.6) is 0 Å². The first-order valence-electron chi connectivity index (χ1n) is 11.1. The van der Waals surface area contributed by atoms with Crippen LogP contribution >= 0.6 is 0 Å². The van der Waals surface area contributed by atoms with Crippen LogP contribution in [-0.4, -0.2) is 45.5 Å². The molecule has 9 nitrogen and oxygen atoms in total. The Hall–Kier alpha value is -3.70. The van der Waals surface area contributed by atoms with Crippen LogP contribution in [0.25, 0.3) is 0 Å². The molecule has 0 unspecified atom stereocenters. The first kappa shape index (κ1) is 27.3. The van der Waals surface area contributed by atoms with Crippen molar-refractivity contribution in [1.29, 1.82) is 5.26 Å². The Morgan fingerprint density at radius 1 is 1.00 bits per heavy atom. The second-order valence-electron chi connectivity index (χ2n) is 8.90. The van der Waals surface area contributed by atoms with E-state index in [-0.39, 0.29) is 47.3 Å². The topological polar surface area (TPSA) is 133 Å². The van der Waals surface area contributed by atoms with Gasteiger partial charge in [-0.2, -0.15) is 18.4 Å². The van der Waals surface area contributed by atoms with Crippen LogP contribution in [-0.2, 0) is 30.8 Å². The summed E-state index contributed by atoms with van der Waals surface area (Å²) >= 11 is 0. The molecule has 1 heterocycles. The normalized spacial score (nSPS) is 18.9. The van der Waals surface area contributed by atoms with E-state index >= 15 is 0 Å². The minimum atomic E-state index is -4.76. The first-order valence-corrected chi connectivity index (χ1v) is 14.8. The Morgan fingerprint density at radius 2 is 1.68 bits per heavy atom. The van der Waals surface area contributed by atoms with E-state index in [2.05, 4.69) is 0 Å². The number of sulfonamides is 1. The number of sulfone groups is 1. The van der Waals surface area contributed by atoms with Gasteiger partial charge < -0.3 is 0 Å². The third-order valence-corrected chi connectivity index (χ3v) is 8.45. The quantitative estimate of drug-likeness (QED) is 0.547. The molecule has 0 saturated heterocycles. The summed E-state index contributed by atoms with van der Waals surface area (Å²) in [5.41, 5.74) is -1.91. The largest absolute Gasteiger partial charge is 0.416 e. The molecule has 0 bridgehead atoms. The van der Waals surface area contributed by atoms with Gasteiger partial charge in [0.25, 0.3) is 0 Å². The summed E-state index contributed by atoms with van der Waals surface area (Å²) in [5, 5.41) is 9.27. The lowest BCUT2D eigenvalue weighted by Crippen LogP contribution is -2.54. The van der Waals surface area contributed by atoms with Crippen molar-refractivity contribution in [3.8, 4) is 6.07 Å². The van der Waals surface area contributed by atoms with E-state index in [9.17, 15) is 44.9 Å². The number of halogens is 3. The van der Waals surface area contributed by atoms with Crippen molar-refractivity contribution in [2.75, 3.05) is 17.4 Å². The van der Waals surface area contributed by atoms with E-state index in [0.29, 0.717) is 16.6 Å². The Kier molecular flexibility index (Phi) is 6.65. The summed E-state index contributed by atoms with van der Waals surface area (Å²) in [5.74, 6) is -0.585. The lowest BCUT2D eigenvalue weighted by Gasteiger charge is -2.44. The molecule has 1 aliphatic heterocycles. The molecule has 0 N–H and O–H groups in total. The number of hydrogen-bond donors (Lipinski definition) is 0. The molecule has 1 atom stereocenters. The van der Waals surface area contributed by atoms with Gasteiger partial charge in [0, 0.05) is 23.9 Å². The standard InChI is InChI=1S/C24H20F3N3O6S2/c1-37(33,34)20-11-14(13-28)9-10-17(20)22-21-18(7-4-8-19(21)31)29(23(32)30(22)38(2,35)36)16-6-3-5-15(12-16)24(25,26)27/h3,5-6,9-12,22H,4,7-8H2,1-2H3/t22-/m1/s1. The van der Waals surface area contributed by atoms with Crippen molar-refractivity contribution >= 4 is 37.4 Å². The molecule has 0 saturated carbocycles. The number of alkyl halides is 3. The molecule has 2 aliphatic rings. The number of urea groups is 1. The number of benzene rings is 2. The fourth-order valence-electron chi connectivity index (χ4n) is 4.68. The number of anilines is 1. The molecular weight excluding hydrogens is 547 g/mol. The third-order valence-electron chi connectivity index (χ3n) is 6.21. The van der Waals surface area contributed by atoms with Gasteiger partial charge in [-0.15, -0.1) is 0 Å². The number of nitriles is 1. The minimum absolute atomic E-state index is 0.0146. The van der Waals surface area contributed by atoms with Crippen LogP contribution in [0.15, 0.2) is 58.6 Å². The second kappa shape index (κ2) is 9.25. The molecule has 0 spiro atoms. The van der Waals surface area contributed by atoms with Gasteiger partial charge in [0.1, 0.15) is 6.04 Å². The zero-order valence-electron chi connectivity index (χ0n) is 20.0. The van der Waals surface area contributed by atoms with E-state index in [4.69, 9.17) is 0 Å². The Bertz CT molecular complexity index is 1660. The summed E-state index contributed by atoms with van der Waals surface area (Å²) in [6, 6.07) is 5.90. The number of Topliss-reactive ketones (excluding diaryl/α,β-unsaturated/α-hetero) is 1. The second-order valence-corrected chi connectivity index (χ2v) is 12.7. The maximum absolute atomic E-state index is 13.8. The monoisotopic (exact) mass is 567 g/mol. The van der Waals surface area contributed by atoms with Crippen LogP contribution in [0, 0.1) is 11.3 Å². The molecule has 14 heteroatoms. The number of hydrogen-bond acceptors (Lipinski definition) is 7. The van der Waals surface area contributed by atoms with Crippen LogP contribution in [0.1, 0.15) is 42.0 Å². The summed E-state index contributed by atoms with van der Waals surface area (Å²) in [6.07, 6.45) is -3.04. The van der Waals surface area contributed by atoms with Gasteiger partial charge in [0.15, 0.2) is 15.6 Å². The molecule has 0 aromatic heterocycles. The number of carbonyl (C=O) groups excluding carboxylic acids is 2. The Balaban J connectivity index is 2.09. The number of ketones is 1. The molecule has 2 aromatic carbocycles. The Morgan fingerprint density at radius 3 is 2.26 bits per heavy atom. The van der Waals surface area contributed by atoms with Gasteiger partial charge in [0.2, 0.25) is 10.0 Å². The molecule has 4 rings (SSSR count). The number of allylic oxidation sites excluding steroid dienone is 1. The Labute approximate surface area is 216 Å². The van der Waals surface area contributed by atoms with Crippen molar-refractivity contribution in [2.45, 2.75) is 36.4 Å². The molecule has 1 aliphatic carbocycles. The first-order chi connectivity index (χ1) is 17.6. The molecule has 2 aromatic rings. The summed E-state index contributed by atoms with van der Waals surface area (Å²) in [6.45, 7) is 0. The van der Waals surface area contributed by atoms with E-state index in [1.165, 1.54) is 12.1 Å². The SMILES string of the molecule is CS(=O)(=O)c1cc(C#N)ccc1[C@@H]1C2=C(CCCC2=O)N(c2cccc(C(F)(F)F)c2)C(=O)N1S(C)(=O)=O. The van der Waals surface area contributed by atoms with E-state index in [0.717, 1.165) is 35.4 Å². The highest BCUT2D eigenvalue weighted by atomic mass is 32.2. The van der Waals surface area contributed by atoms with Gasteiger partial charge in [-0.25, -0.2) is 25.9 Å². The highest BCUT2D eigenvalue weighted by Gasteiger charge is 2.49. The molecule has 0 fully saturated rings. The number of nitrogens with zero attached hydrogens (tertiary/aromatic N) is 3. The highest BCUT2D eigenvalue weighted by Crippen LogP contribution is 2.47. The predicted octanol–water partition coefficient (Wildman–Crippen LogP) is 3.93. The lowest BCUT2D eigenvalue weighted by atomic mass is 9.84. The van der Waals surface area contributed by atoms with E-state index < -0.39 is 54.4 Å². The summed E-state index contributed by atoms with van der Waals surface area (Å²) in [4.78, 5) is 27.4. The average Bonchev–Trinajstić information content (AvgIpc) is 2.81. The predicted molar refractivity (Wildman–Crippen MR) is 129 cm³/mol. The summed E-state index contributed by atoms with van der Waals surface area (Å²) in [7, 11) is -8.63. The lowest BCUT2D eigenvalue weighted by molar-refractivity contribution is -0.137. The molecular formula is C24H20F3N3O6S2. The highest BCUT2D eigenvalue weighted by molar-refractivity contribution is 7.90. The fourth-order valence-corrected chi connectivity index (χ4v) is 6.60. The van der Waals surface area contributed by atoms with Crippen molar-refractivity contribution in [3.05, 3.63) is 70.4 Å². The van der Waals surface area contributed by atoms with Gasteiger partial charge in [0.05, 0.1) is 34.0 Å². The maximum Gasteiger partial charge on any atom is 0.416 e. The molecule has 2 amide bonds. The van der Waals surface area contributed by atoms with Crippen LogP contribution in [0.4, 0.5) is 23.7 Å². The number of amides is 2. The summed E-state index contributed by atoms with van der Waals surface area (Å²) < 4.78 is 92.0. The average molecular weight is 568 g/mol. The van der Waals surface area contributed by atoms with Crippen molar-refractivity contribution < 1.29 is 39.6 Å². The maximum atomic E-state index is 13.8. The van der Waals surface area contributed by atoms with Gasteiger partial charge in [-0.1, -0.05) is 12.1 Å². The van der Waals surface area contributed by atoms with Crippen molar-refractivity contribution in [3.63, 3.8) is 0 Å². The fraction of sp³-hybridized carbons (Fsp3) is 0.292. The van der Waals surface area contributed by atoms with Crippen LogP contribution in [0.3, 0.4) is 0 Å². The van der Waals surface area contributed by atoms with Gasteiger partial charge >= 0.3 is 12.2 Å². The van der Waals surface area contributed by atoms with E-state index in [1.807, 2.05) is 0 Å².